The van der Waals surface area contributed by atoms with Gasteiger partial charge in [-0.2, -0.15) is 0 Å². The standard InChI is InChI=1S/C5H6.2FH.Zr/c1-2-4-5-3-1;;;/h1-4H,5H2;2*1H;/q;;;+2/p-2. The molecule has 0 spiro atoms. The van der Waals surface area contributed by atoms with Gasteiger partial charge in [-0.15, -0.1) is 0 Å². The zero-order valence-corrected chi connectivity index (χ0v) is 6.73. The molecule has 0 nitrogen and oxygen atoms in total. The third-order valence-corrected chi connectivity index (χ3v) is 0.655. The SMILES string of the molecule is C1=CCC=C1.[F][Zr][F]. The maximum atomic E-state index is 9.80. The van der Waals surface area contributed by atoms with Crippen molar-refractivity contribution in [3.8, 4) is 0 Å². The summed E-state index contributed by atoms with van der Waals surface area (Å²) in [6.07, 6.45) is 9.50. The zero-order chi connectivity index (χ0) is 6.24. The van der Waals surface area contributed by atoms with Crippen LogP contribution in [0.15, 0.2) is 24.3 Å². The molecule has 0 aromatic rings. The molecule has 0 bridgehead atoms. The van der Waals surface area contributed by atoms with Gasteiger partial charge >= 0.3 is 29.7 Å². The van der Waals surface area contributed by atoms with Crippen molar-refractivity contribution < 1.29 is 29.7 Å². The molecule has 0 N–H and O–H groups in total. The van der Waals surface area contributed by atoms with Gasteiger partial charge in [-0.1, -0.05) is 24.3 Å². The molecule has 3 heteroatoms. The van der Waals surface area contributed by atoms with E-state index in [0.29, 0.717) is 0 Å². The first-order valence-corrected chi connectivity index (χ1v) is 4.05. The summed E-state index contributed by atoms with van der Waals surface area (Å²) in [5.74, 6) is 0. The number of halogens is 2. The van der Waals surface area contributed by atoms with Crippen LogP contribution in [0.3, 0.4) is 0 Å². The molecule has 8 heavy (non-hydrogen) atoms. The Hall–Kier alpha value is 0.223. The van der Waals surface area contributed by atoms with Crippen molar-refractivity contribution in [2.45, 2.75) is 6.42 Å². The molecule has 0 fully saturated rings. The molecule has 1 aliphatic carbocycles. The molecule has 0 amide bonds. The summed E-state index contributed by atoms with van der Waals surface area (Å²) in [5, 5.41) is 0. The van der Waals surface area contributed by atoms with Crippen molar-refractivity contribution in [3.63, 3.8) is 0 Å². The van der Waals surface area contributed by atoms with E-state index in [-0.39, 0.29) is 0 Å². The maximum absolute atomic E-state index is 9.80. The van der Waals surface area contributed by atoms with E-state index < -0.39 is 24.5 Å². The van der Waals surface area contributed by atoms with E-state index in [2.05, 4.69) is 24.3 Å². The predicted molar refractivity (Wildman–Crippen MR) is 25.1 cm³/mol. The molecular formula is C5H6F2Zr. The van der Waals surface area contributed by atoms with Crippen LogP contribution in [0.1, 0.15) is 6.42 Å². The molecule has 0 aliphatic heterocycles. The van der Waals surface area contributed by atoms with Crippen molar-refractivity contribution in [2.24, 2.45) is 0 Å². The first-order valence-electron chi connectivity index (χ1n) is 2.19. The number of hydrogen-bond acceptors (Lipinski definition) is 0. The van der Waals surface area contributed by atoms with E-state index in [1.165, 1.54) is 0 Å². The van der Waals surface area contributed by atoms with E-state index in [0.717, 1.165) is 6.42 Å². The summed E-state index contributed by atoms with van der Waals surface area (Å²) in [7, 11) is 0. The summed E-state index contributed by atoms with van der Waals surface area (Å²) in [6.45, 7) is 0. The Labute approximate surface area is 60.6 Å². The molecular weight excluding hydrogens is 189 g/mol. The number of hydrogen-bond donors (Lipinski definition) is 0. The Kier molecular flexibility index (Phi) is 7.42. The van der Waals surface area contributed by atoms with Gasteiger partial charge in [0, 0.05) is 0 Å². The van der Waals surface area contributed by atoms with Crippen LogP contribution in [0.2, 0.25) is 0 Å². The normalized spacial score (nSPS) is 12.8. The predicted octanol–water partition coefficient (Wildman–Crippen LogP) is 2.34. The fraction of sp³-hybridized carbons (Fsp3) is 0.200. The van der Waals surface area contributed by atoms with Crippen LogP contribution in [-0.2, 0) is 24.5 Å². The van der Waals surface area contributed by atoms with E-state index in [1.807, 2.05) is 0 Å². The van der Waals surface area contributed by atoms with Gasteiger partial charge in [0.05, 0.1) is 0 Å². The van der Waals surface area contributed by atoms with Gasteiger partial charge in [-0.3, -0.25) is 0 Å². The molecule has 0 saturated heterocycles. The minimum absolute atomic E-state index is 1.14. The zero-order valence-electron chi connectivity index (χ0n) is 4.27. The molecule has 0 radical (unpaired) electrons. The average molecular weight is 195 g/mol. The Balaban J connectivity index is 0.000000145. The molecule has 0 aromatic carbocycles. The second kappa shape index (κ2) is 7.22. The third kappa shape index (κ3) is 6.22. The minimum atomic E-state index is -2.77. The van der Waals surface area contributed by atoms with E-state index in [9.17, 15) is 5.25 Å². The molecule has 1 rings (SSSR count). The Morgan fingerprint density at radius 2 is 1.50 bits per heavy atom. The van der Waals surface area contributed by atoms with Crippen LogP contribution >= 0.6 is 0 Å². The summed E-state index contributed by atoms with van der Waals surface area (Å²) < 4.78 is 19.6. The first-order chi connectivity index (χ1) is 3.91. The second-order valence-corrected chi connectivity index (χ2v) is 1.51. The van der Waals surface area contributed by atoms with Crippen molar-refractivity contribution >= 4 is 0 Å². The molecule has 0 saturated carbocycles. The van der Waals surface area contributed by atoms with Crippen molar-refractivity contribution in [1.82, 2.24) is 0 Å². The molecule has 0 heterocycles. The van der Waals surface area contributed by atoms with E-state index >= 15 is 0 Å². The molecule has 1 aliphatic rings. The van der Waals surface area contributed by atoms with Crippen LogP contribution in [0.5, 0.6) is 0 Å². The monoisotopic (exact) mass is 194 g/mol. The second-order valence-electron chi connectivity index (χ2n) is 1.16. The summed E-state index contributed by atoms with van der Waals surface area (Å²) in [6, 6.07) is 0. The third-order valence-electron chi connectivity index (χ3n) is 0.655. The number of rotatable bonds is 0. The van der Waals surface area contributed by atoms with Gasteiger partial charge in [0.25, 0.3) is 0 Å². The summed E-state index contributed by atoms with van der Waals surface area (Å²) in [4.78, 5) is 0. The van der Waals surface area contributed by atoms with Crippen molar-refractivity contribution in [1.29, 1.82) is 0 Å². The summed E-state index contributed by atoms with van der Waals surface area (Å²) >= 11 is -2.77. The Bertz CT molecular complexity index is 78.4. The van der Waals surface area contributed by atoms with Crippen LogP contribution in [-0.4, -0.2) is 0 Å². The van der Waals surface area contributed by atoms with E-state index in [1.54, 1.807) is 0 Å². The van der Waals surface area contributed by atoms with Crippen LogP contribution in [0.25, 0.3) is 0 Å². The average Bonchev–Trinajstić information content (AvgIpc) is 2.17. The van der Waals surface area contributed by atoms with Gasteiger partial charge in [0.1, 0.15) is 0 Å². The van der Waals surface area contributed by atoms with Crippen molar-refractivity contribution in [2.75, 3.05) is 0 Å². The van der Waals surface area contributed by atoms with Gasteiger partial charge in [0.15, 0.2) is 0 Å². The van der Waals surface area contributed by atoms with Crippen LogP contribution < -0.4 is 0 Å². The van der Waals surface area contributed by atoms with Crippen LogP contribution in [0, 0.1) is 0 Å². The quantitative estimate of drug-likeness (QED) is 0.556. The van der Waals surface area contributed by atoms with Gasteiger partial charge in [-0.05, 0) is 6.42 Å². The van der Waals surface area contributed by atoms with E-state index in [4.69, 9.17) is 0 Å². The fourth-order valence-corrected chi connectivity index (χ4v) is 0.393. The first kappa shape index (κ1) is 8.22. The van der Waals surface area contributed by atoms with Gasteiger partial charge in [0.2, 0.25) is 0 Å². The molecule has 0 unspecified atom stereocenters. The fourth-order valence-electron chi connectivity index (χ4n) is 0.393. The molecule has 44 valence electrons. The van der Waals surface area contributed by atoms with Crippen LogP contribution in [0.4, 0.5) is 5.25 Å². The molecule has 0 aromatic heterocycles. The topological polar surface area (TPSA) is 0 Å². The Morgan fingerprint density at radius 3 is 1.62 bits per heavy atom. The molecule has 0 atom stereocenters. The summed E-state index contributed by atoms with van der Waals surface area (Å²) in [5.41, 5.74) is 0. The Morgan fingerprint density at radius 1 is 1.12 bits per heavy atom. The van der Waals surface area contributed by atoms with Gasteiger partial charge in [-0.25, -0.2) is 0 Å². The van der Waals surface area contributed by atoms with Gasteiger partial charge < -0.3 is 0 Å². The van der Waals surface area contributed by atoms with Crippen molar-refractivity contribution in [3.05, 3.63) is 24.3 Å². The number of allylic oxidation sites excluding steroid dienone is 4.